The van der Waals surface area contributed by atoms with Crippen molar-refractivity contribution in [3.05, 3.63) is 42.2 Å². The monoisotopic (exact) mass is 569 g/mol. The average Bonchev–Trinajstić information content (AvgIpc) is 3.69. The van der Waals surface area contributed by atoms with Gasteiger partial charge in [0.25, 0.3) is 0 Å². The summed E-state index contributed by atoms with van der Waals surface area (Å²) in [6.07, 6.45) is 7.55. The van der Waals surface area contributed by atoms with E-state index in [9.17, 15) is 10.1 Å². The van der Waals surface area contributed by atoms with Crippen molar-refractivity contribution in [1.82, 2.24) is 30.1 Å². The molecule has 3 aliphatic rings. The van der Waals surface area contributed by atoms with Crippen LogP contribution in [0.5, 0.6) is 0 Å². The molecule has 1 amide bonds. The van der Waals surface area contributed by atoms with Crippen molar-refractivity contribution in [3.8, 4) is 28.0 Å². The van der Waals surface area contributed by atoms with Gasteiger partial charge in [-0.3, -0.25) is 9.78 Å². The van der Waals surface area contributed by atoms with E-state index in [-0.39, 0.29) is 18.0 Å². The molecular formula is C29H31N9O2S. The van der Waals surface area contributed by atoms with Gasteiger partial charge in [-0.05, 0) is 61.8 Å². The molecule has 1 aliphatic carbocycles. The number of ether oxygens (including phenoxy) is 1. The number of nitrogens with one attached hydrogen (secondary N) is 2. The number of hydrogen-bond donors (Lipinski definition) is 2. The maximum atomic E-state index is 11.7. The van der Waals surface area contributed by atoms with Crippen LogP contribution >= 0.6 is 11.3 Å². The highest BCUT2D eigenvalue weighted by Crippen LogP contribution is 2.41. The molecule has 0 unspecified atom stereocenters. The van der Waals surface area contributed by atoms with E-state index in [1.165, 1.54) is 0 Å². The molecule has 4 aromatic rings. The van der Waals surface area contributed by atoms with Crippen molar-refractivity contribution in [3.63, 3.8) is 0 Å². The second-order valence-corrected chi connectivity index (χ2v) is 12.1. The van der Waals surface area contributed by atoms with E-state index in [4.69, 9.17) is 9.72 Å². The van der Waals surface area contributed by atoms with Crippen LogP contribution in [0.3, 0.4) is 0 Å². The first-order chi connectivity index (χ1) is 20.1. The quantitative estimate of drug-likeness (QED) is 0.356. The van der Waals surface area contributed by atoms with Gasteiger partial charge in [-0.25, -0.2) is 4.52 Å². The minimum atomic E-state index is 0.0508. The Morgan fingerprint density at radius 3 is 2.66 bits per heavy atom. The van der Waals surface area contributed by atoms with Crippen LogP contribution in [0.25, 0.3) is 27.5 Å². The number of amides is 1. The number of nitriles is 1. The Labute approximate surface area is 241 Å². The predicted molar refractivity (Wildman–Crippen MR) is 156 cm³/mol. The third-order valence-electron chi connectivity index (χ3n) is 8.50. The molecule has 2 saturated heterocycles. The molecule has 6 heterocycles. The van der Waals surface area contributed by atoms with E-state index in [0.717, 1.165) is 90.3 Å². The SMILES string of the molecule is CC(=O)N[C@@H]1[C@@H]2CC[C@H]1CN(c1nnc(-c3cnc(-c4ccc5cc(C#N)cnn45)cc3NC3CCOCC3)s1)C2. The first-order valence-corrected chi connectivity index (χ1v) is 15.0. The smallest absolute Gasteiger partial charge is 0.217 e. The molecule has 11 nitrogen and oxygen atoms in total. The van der Waals surface area contributed by atoms with E-state index in [2.05, 4.69) is 43.0 Å². The highest BCUT2D eigenvalue weighted by atomic mass is 32.1. The molecule has 2 N–H and O–H groups in total. The summed E-state index contributed by atoms with van der Waals surface area (Å²) in [5.41, 5.74) is 4.86. The van der Waals surface area contributed by atoms with Gasteiger partial charge < -0.3 is 20.3 Å². The van der Waals surface area contributed by atoms with Crippen LogP contribution in [0.15, 0.2) is 36.7 Å². The van der Waals surface area contributed by atoms with E-state index in [1.807, 2.05) is 28.9 Å². The van der Waals surface area contributed by atoms with Crippen molar-refractivity contribution in [2.24, 2.45) is 11.8 Å². The number of nitrogens with zero attached hydrogens (tertiary/aromatic N) is 7. The molecule has 3 atom stereocenters. The Bertz CT molecular complexity index is 1620. The molecule has 0 spiro atoms. The standard InChI is InChI=1S/C29H31N9O2S/c1-17(39)33-27-19-2-3-20(27)16-37(15-19)29-36-35-28(41-29)23-14-31-25(11-24(23)34-21-6-8-40-9-7-21)26-5-4-22-10-18(12-30)13-32-38(22)26/h4-5,10-11,13-14,19-21,27H,2-3,6-9,15-16H2,1H3,(H,31,34)(H,33,39)/t19-,20+,27-. The third-order valence-corrected chi connectivity index (χ3v) is 9.51. The zero-order chi connectivity index (χ0) is 27.9. The number of hydrogen-bond acceptors (Lipinski definition) is 10. The Kier molecular flexibility index (Phi) is 6.76. The second kappa shape index (κ2) is 10.7. The minimum Gasteiger partial charge on any atom is -0.381 e. The van der Waals surface area contributed by atoms with E-state index in [1.54, 1.807) is 24.5 Å². The lowest BCUT2D eigenvalue weighted by Crippen LogP contribution is -2.52. The van der Waals surface area contributed by atoms with Crippen LogP contribution in [0.2, 0.25) is 0 Å². The summed E-state index contributed by atoms with van der Waals surface area (Å²) in [5, 5.41) is 31.6. The summed E-state index contributed by atoms with van der Waals surface area (Å²) in [6.45, 7) is 4.83. The van der Waals surface area contributed by atoms with E-state index < -0.39 is 0 Å². The van der Waals surface area contributed by atoms with Crippen molar-refractivity contribution >= 4 is 33.6 Å². The van der Waals surface area contributed by atoms with Gasteiger partial charge in [0.05, 0.1) is 34.2 Å². The van der Waals surface area contributed by atoms with Crippen LogP contribution < -0.4 is 15.5 Å². The largest absolute Gasteiger partial charge is 0.381 e. The molecule has 0 aromatic carbocycles. The number of anilines is 2. The van der Waals surface area contributed by atoms with Crippen molar-refractivity contribution in [2.75, 3.05) is 36.5 Å². The predicted octanol–water partition coefficient (Wildman–Crippen LogP) is 3.73. The molecule has 3 fully saturated rings. The Hall–Kier alpha value is -4.08. The lowest BCUT2D eigenvalue weighted by molar-refractivity contribution is -0.120. The number of rotatable bonds is 6. The molecule has 210 valence electrons. The Morgan fingerprint density at radius 2 is 1.90 bits per heavy atom. The van der Waals surface area contributed by atoms with Crippen LogP contribution in [0.4, 0.5) is 10.8 Å². The van der Waals surface area contributed by atoms with Crippen molar-refractivity contribution in [2.45, 2.75) is 44.7 Å². The van der Waals surface area contributed by atoms with Crippen LogP contribution in [0.1, 0.15) is 38.2 Å². The molecular weight excluding hydrogens is 538 g/mol. The van der Waals surface area contributed by atoms with Crippen LogP contribution in [0, 0.1) is 23.2 Å². The summed E-state index contributed by atoms with van der Waals surface area (Å²) in [6, 6.07) is 10.5. The number of piperidine rings is 1. The summed E-state index contributed by atoms with van der Waals surface area (Å²) < 4.78 is 7.40. The van der Waals surface area contributed by atoms with Gasteiger partial charge in [0.1, 0.15) is 6.07 Å². The first kappa shape index (κ1) is 25.9. The lowest BCUT2D eigenvalue weighted by atomic mass is 9.92. The fourth-order valence-corrected chi connectivity index (χ4v) is 7.39. The normalized spacial score (nSPS) is 22.5. The van der Waals surface area contributed by atoms with Crippen molar-refractivity contribution in [1.29, 1.82) is 5.26 Å². The Balaban J connectivity index is 1.19. The topological polar surface area (TPSA) is 133 Å². The molecule has 1 saturated carbocycles. The second-order valence-electron chi connectivity index (χ2n) is 11.2. The number of carbonyl (C=O) groups excluding carboxylic acids is 1. The number of fused-ring (bicyclic) bond motifs is 3. The van der Waals surface area contributed by atoms with Crippen LogP contribution in [-0.2, 0) is 9.53 Å². The molecule has 41 heavy (non-hydrogen) atoms. The summed E-state index contributed by atoms with van der Waals surface area (Å²) in [7, 11) is 0. The number of pyridine rings is 1. The van der Waals surface area contributed by atoms with Gasteiger partial charge in [-0.15, -0.1) is 10.2 Å². The fourth-order valence-electron chi connectivity index (χ4n) is 6.50. The molecule has 12 heteroatoms. The van der Waals surface area contributed by atoms with E-state index >= 15 is 0 Å². The third kappa shape index (κ3) is 5.00. The molecule has 2 bridgehead atoms. The van der Waals surface area contributed by atoms with Gasteiger partial charge in [0, 0.05) is 57.2 Å². The maximum Gasteiger partial charge on any atom is 0.217 e. The highest BCUT2D eigenvalue weighted by molar-refractivity contribution is 7.18. The van der Waals surface area contributed by atoms with Gasteiger partial charge in [-0.2, -0.15) is 10.4 Å². The van der Waals surface area contributed by atoms with Gasteiger partial charge in [0.15, 0.2) is 5.01 Å². The zero-order valence-electron chi connectivity index (χ0n) is 22.8. The zero-order valence-corrected chi connectivity index (χ0v) is 23.6. The maximum absolute atomic E-state index is 11.7. The fraction of sp³-hybridized carbons (Fsp3) is 0.448. The highest BCUT2D eigenvalue weighted by Gasteiger charge is 2.43. The summed E-state index contributed by atoms with van der Waals surface area (Å²) in [4.78, 5) is 18.9. The van der Waals surface area contributed by atoms with E-state index in [0.29, 0.717) is 17.4 Å². The lowest BCUT2D eigenvalue weighted by Gasteiger charge is -2.37. The van der Waals surface area contributed by atoms with Gasteiger partial charge >= 0.3 is 0 Å². The molecule has 4 aromatic heterocycles. The number of carbonyl (C=O) groups is 1. The molecule has 7 rings (SSSR count). The molecule has 2 aliphatic heterocycles. The van der Waals surface area contributed by atoms with Crippen LogP contribution in [-0.4, -0.2) is 69.1 Å². The van der Waals surface area contributed by atoms with Gasteiger partial charge in [0.2, 0.25) is 11.0 Å². The minimum absolute atomic E-state index is 0.0508. The van der Waals surface area contributed by atoms with Crippen molar-refractivity contribution < 1.29 is 9.53 Å². The summed E-state index contributed by atoms with van der Waals surface area (Å²) >= 11 is 1.59. The summed E-state index contributed by atoms with van der Waals surface area (Å²) in [5.74, 6) is 0.924. The molecule has 0 radical (unpaired) electrons. The number of aromatic nitrogens is 5. The average molecular weight is 570 g/mol. The first-order valence-electron chi connectivity index (χ1n) is 14.1. The Morgan fingerprint density at radius 1 is 1.10 bits per heavy atom. The van der Waals surface area contributed by atoms with Gasteiger partial charge in [-0.1, -0.05) is 11.3 Å².